The Hall–Kier alpha value is -0.610. The van der Waals surface area contributed by atoms with E-state index in [9.17, 15) is 4.79 Å². The number of ether oxygens (including phenoxy) is 1. The van der Waals surface area contributed by atoms with Gasteiger partial charge in [0.15, 0.2) is 0 Å². The van der Waals surface area contributed by atoms with Crippen LogP contribution in [0.25, 0.3) is 0 Å². The highest BCUT2D eigenvalue weighted by molar-refractivity contribution is 5.76. The van der Waals surface area contributed by atoms with E-state index in [1.165, 1.54) is 0 Å². The molecule has 2 atom stereocenters. The minimum absolute atomic E-state index is 0.121. The molecule has 2 saturated heterocycles. The average Bonchev–Trinajstić information content (AvgIpc) is 2.86. The van der Waals surface area contributed by atoms with E-state index in [0.29, 0.717) is 6.42 Å². The van der Waals surface area contributed by atoms with Crippen LogP contribution in [0.15, 0.2) is 0 Å². The van der Waals surface area contributed by atoms with Crippen molar-refractivity contribution in [2.45, 2.75) is 38.6 Å². The zero-order chi connectivity index (χ0) is 11.6. The highest BCUT2D eigenvalue weighted by Crippen LogP contribution is 2.38. The Labute approximate surface area is 97.1 Å². The number of nitrogens with two attached hydrogens (primary N) is 1. The summed E-state index contributed by atoms with van der Waals surface area (Å²) in [6, 6.07) is 0.121. The van der Waals surface area contributed by atoms with Gasteiger partial charge < -0.3 is 15.4 Å². The minimum Gasteiger partial charge on any atom is -0.381 e. The van der Waals surface area contributed by atoms with Gasteiger partial charge in [-0.1, -0.05) is 0 Å². The number of carbonyl (C=O) groups is 1. The molecule has 2 unspecified atom stereocenters. The molecule has 0 aromatic carbocycles. The van der Waals surface area contributed by atoms with Gasteiger partial charge in [-0.25, -0.2) is 0 Å². The maximum atomic E-state index is 11.9. The molecule has 2 aliphatic rings. The van der Waals surface area contributed by atoms with Crippen molar-refractivity contribution in [1.82, 2.24) is 4.90 Å². The van der Waals surface area contributed by atoms with Crippen LogP contribution in [0.2, 0.25) is 0 Å². The second-order valence-corrected chi connectivity index (χ2v) is 5.38. The molecule has 0 radical (unpaired) electrons. The Kier molecular flexibility index (Phi) is 3.50. The second kappa shape index (κ2) is 4.72. The third-order valence-electron chi connectivity index (χ3n) is 3.79. The predicted octanol–water partition coefficient (Wildman–Crippen LogP) is 0.753. The Balaban J connectivity index is 1.81. The summed E-state index contributed by atoms with van der Waals surface area (Å²) in [6.07, 6.45) is 3.61. The molecular weight excluding hydrogens is 204 g/mol. The molecule has 2 aliphatic heterocycles. The fourth-order valence-corrected chi connectivity index (χ4v) is 2.63. The topological polar surface area (TPSA) is 55.6 Å². The first-order valence-corrected chi connectivity index (χ1v) is 6.22. The van der Waals surface area contributed by atoms with E-state index in [2.05, 4.69) is 0 Å². The lowest BCUT2D eigenvalue weighted by Crippen LogP contribution is -2.33. The van der Waals surface area contributed by atoms with Crippen LogP contribution in [-0.4, -0.2) is 43.2 Å². The fourth-order valence-electron chi connectivity index (χ4n) is 2.63. The molecule has 0 aromatic rings. The lowest BCUT2D eigenvalue weighted by Gasteiger charge is -2.22. The van der Waals surface area contributed by atoms with Gasteiger partial charge in [-0.2, -0.15) is 0 Å². The normalized spacial score (nSPS) is 31.2. The molecular formula is C12H22N2O2. The number of rotatable bonds is 3. The quantitative estimate of drug-likeness (QED) is 0.772. The summed E-state index contributed by atoms with van der Waals surface area (Å²) in [5.74, 6) is 0.265. The van der Waals surface area contributed by atoms with Gasteiger partial charge in [0.1, 0.15) is 0 Å². The van der Waals surface area contributed by atoms with E-state index in [1.54, 1.807) is 0 Å². The molecule has 4 nitrogen and oxygen atoms in total. The van der Waals surface area contributed by atoms with Gasteiger partial charge in [-0.3, -0.25) is 4.79 Å². The van der Waals surface area contributed by atoms with Crippen molar-refractivity contribution in [2.75, 3.05) is 26.3 Å². The van der Waals surface area contributed by atoms with E-state index in [-0.39, 0.29) is 17.4 Å². The van der Waals surface area contributed by atoms with Gasteiger partial charge in [0, 0.05) is 37.6 Å². The summed E-state index contributed by atoms with van der Waals surface area (Å²) in [6.45, 7) is 5.45. The molecule has 0 aromatic heterocycles. The van der Waals surface area contributed by atoms with Crippen LogP contribution in [0.4, 0.5) is 0 Å². The summed E-state index contributed by atoms with van der Waals surface area (Å²) >= 11 is 0. The molecule has 1 amide bonds. The minimum atomic E-state index is 0.121. The van der Waals surface area contributed by atoms with Crippen molar-refractivity contribution >= 4 is 5.91 Å². The van der Waals surface area contributed by atoms with E-state index < -0.39 is 0 Å². The summed E-state index contributed by atoms with van der Waals surface area (Å²) in [7, 11) is 0. The lowest BCUT2D eigenvalue weighted by atomic mass is 9.87. The Morgan fingerprint density at radius 1 is 1.56 bits per heavy atom. The molecule has 2 rings (SSSR count). The third kappa shape index (κ3) is 2.55. The van der Waals surface area contributed by atoms with Gasteiger partial charge in [-0.05, 0) is 26.2 Å². The fraction of sp³-hybridized carbons (Fsp3) is 0.917. The molecule has 2 fully saturated rings. The van der Waals surface area contributed by atoms with E-state index in [1.807, 2.05) is 11.8 Å². The van der Waals surface area contributed by atoms with Crippen molar-refractivity contribution in [3.8, 4) is 0 Å². The molecule has 0 saturated carbocycles. The smallest absolute Gasteiger partial charge is 0.222 e. The largest absolute Gasteiger partial charge is 0.381 e. The molecule has 92 valence electrons. The maximum Gasteiger partial charge on any atom is 0.222 e. The Morgan fingerprint density at radius 2 is 2.38 bits per heavy atom. The second-order valence-electron chi connectivity index (χ2n) is 5.38. The van der Waals surface area contributed by atoms with Gasteiger partial charge in [0.2, 0.25) is 5.91 Å². The molecule has 4 heteroatoms. The number of hydrogen-bond acceptors (Lipinski definition) is 3. The van der Waals surface area contributed by atoms with Crippen molar-refractivity contribution in [3.05, 3.63) is 0 Å². The van der Waals surface area contributed by atoms with Gasteiger partial charge >= 0.3 is 0 Å². The highest BCUT2D eigenvalue weighted by atomic mass is 16.5. The lowest BCUT2D eigenvalue weighted by molar-refractivity contribution is -0.130. The monoisotopic (exact) mass is 226 g/mol. The Bertz CT molecular complexity index is 260. The molecule has 16 heavy (non-hydrogen) atoms. The maximum absolute atomic E-state index is 11.9. The highest BCUT2D eigenvalue weighted by Gasteiger charge is 2.42. The Morgan fingerprint density at radius 3 is 3.00 bits per heavy atom. The number of hydrogen-bond donors (Lipinski definition) is 1. The van der Waals surface area contributed by atoms with Gasteiger partial charge in [-0.15, -0.1) is 0 Å². The summed E-state index contributed by atoms with van der Waals surface area (Å²) < 4.78 is 5.45. The summed E-state index contributed by atoms with van der Waals surface area (Å²) in [5, 5.41) is 0. The van der Waals surface area contributed by atoms with Crippen molar-refractivity contribution in [2.24, 2.45) is 11.1 Å². The molecule has 0 aliphatic carbocycles. The summed E-state index contributed by atoms with van der Waals surface area (Å²) in [5.41, 5.74) is 5.95. The SMILES string of the molecule is CC(N)CCC(=O)N1CCC2(CCOC2)C1. The predicted molar refractivity (Wildman–Crippen MR) is 61.9 cm³/mol. The van der Waals surface area contributed by atoms with Crippen LogP contribution in [0.3, 0.4) is 0 Å². The first-order valence-electron chi connectivity index (χ1n) is 6.22. The number of carbonyl (C=O) groups excluding carboxylic acids is 1. The zero-order valence-electron chi connectivity index (χ0n) is 10.1. The van der Waals surface area contributed by atoms with E-state index >= 15 is 0 Å². The van der Waals surface area contributed by atoms with Crippen LogP contribution in [0.5, 0.6) is 0 Å². The number of amides is 1. The standard InChI is InChI=1S/C12H22N2O2/c1-10(13)2-3-11(15)14-6-4-12(8-14)5-7-16-9-12/h10H,2-9,13H2,1H3. The molecule has 1 spiro atoms. The van der Waals surface area contributed by atoms with Crippen molar-refractivity contribution in [1.29, 1.82) is 0 Å². The average molecular weight is 226 g/mol. The van der Waals surface area contributed by atoms with Crippen LogP contribution < -0.4 is 5.73 Å². The van der Waals surface area contributed by atoms with Crippen LogP contribution in [0.1, 0.15) is 32.6 Å². The van der Waals surface area contributed by atoms with Crippen LogP contribution in [0, 0.1) is 5.41 Å². The first-order chi connectivity index (χ1) is 7.61. The summed E-state index contributed by atoms with van der Waals surface area (Å²) in [4.78, 5) is 13.9. The molecule has 2 heterocycles. The van der Waals surface area contributed by atoms with Crippen LogP contribution >= 0.6 is 0 Å². The van der Waals surface area contributed by atoms with Crippen LogP contribution in [-0.2, 0) is 9.53 Å². The number of nitrogens with zero attached hydrogens (tertiary/aromatic N) is 1. The van der Waals surface area contributed by atoms with Crippen molar-refractivity contribution < 1.29 is 9.53 Å². The molecule has 0 bridgehead atoms. The third-order valence-corrected chi connectivity index (χ3v) is 3.79. The first kappa shape index (κ1) is 11.9. The van der Waals surface area contributed by atoms with E-state index in [4.69, 9.17) is 10.5 Å². The zero-order valence-corrected chi connectivity index (χ0v) is 10.1. The van der Waals surface area contributed by atoms with Gasteiger partial charge in [0.25, 0.3) is 0 Å². The molecule has 2 N–H and O–H groups in total. The number of likely N-dealkylation sites (tertiary alicyclic amines) is 1. The van der Waals surface area contributed by atoms with E-state index in [0.717, 1.165) is 45.6 Å². The van der Waals surface area contributed by atoms with Crippen molar-refractivity contribution in [3.63, 3.8) is 0 Å². The van der Waals surface area contributed by atoms with Gasteiger partial charge in [0.05, 0.1) is 6.61 Å².